The van der Waals surface area contributed by atoms with Crippen LogP contribution in [0.15, 0.2) is 42.5 Å². The largest absolute Gasteiger partial charge is 0.481 e. The second-order valence-electron chi connectivity index (χ2n) is 8.80. The van der Waals surface area contributed by atoms with E-state index in [0.717, 1.165) is 16.7 Å². The Hall–Kier alpha value is -2.93. The molecule has 2 amide bonds. The highest BCUT2D eigenvalue weighted by Gasteiger charge is 2.33. The molecule has 1 N–H and O–H groups in total. The molecular formula is C26H33FN2O4. The van der Waals surface area contributed by atoms with Gasteiger partial charge < -0.3 is 19.7 Å². The molecule has 0 saturated carbocycles. The van der Waals surface area contributed by atoms with E-state index in [0.29, 0.717) is 38.3 Å². The van der Waals surface area contributed by atoms with Gasteiger partial charge in [0.25, 0.3) is 5.91 Å². The van der Waals surface area contributed by atoms with Gasteiger partial charge in [-0.2, -0.15) is 0 Å². The third-order valence-corrected chi connectivity index (χ3v) is 5.70. The third-order valence-electron chi connectivity index (χ3n) is 5.70. The fraction of sp³-hybridized carbons (Fsp3) is 0.462. The van der Waals surface area contributed by atoms with Crippen LogP contribution in [0.4, 0.5) is 4.39 Å². The van der Waals surface area contributed by atoms with Crippen molar-refractivity contribution in [3.63, 3.8) is 0 Å². The lowest BCUT2D eigenvalue weighted by molar-refractivity contribution is -0.134. The standard InChI is InChI=1S/C26H33FN2O4/c1-17(2)14-24(30)29-12-10-19-8-9-22(33-18(3)26(31)28-11-13-32-4)16-23(19)25(29)20-6-5-7-21(27)15-20/h5-9,15-18,25H,10-14H2,1-4H3,(H,28,31)/t18-,25+/m0/s1. The minimum Gasteiger partial charge on any atom is -0.481 e. The van der Waals surface area contributed by atoms with Gasteiger partial charge in [0, 0.05) is 26.6 Å². The first-order chi connectivity index (χ1) is 15.8. The summed E-state index contributed by atoms with van der Waals surface area (Å²) in [5, 5.41) is 2.76. The van der Waals surface area contributed by atoms with Crippen LogP contribution in [0, 0.1) is 11.7 Å². The van der Waals surface area contributed by atoms with Crippen molar-refractivity contribution in [2.75, 3.05) is 26.8 Å². The van der Waals surface area contributed by atoms with E-state index in [2.05, 4.69) is 5.32 Å². The summed E-state index contributed by atoms with van der Waals surface area (Å²) < 4.78 is 25.0. The van der Waals surface area contributed by atoms with Crippen LogP contribution in [0.25, 0.3) is 0 Å². The molecular weight excluding hydrogens is 423 g/mol. The molecule has 2 aromatic carbocycles. The monoisotopic (exact) mass is 456 g/mol. The van der Waals surface area contributed by atoms with Crippen LogP contribution >= 0.6 is 0 Å². The number of amides is 2. The van der Waals surface area contributed by atoms with Gasteiger partial charge in [-0.15, -0.1) is 0 Å². The summed E-state index contributed by atoms with van der Waals surface area (Å²) in [7, 11) is 1.57. The number of carbonyl (C=O) groups excluding carboxylic acids is 2. The zero-order valence-corrected chi connectivity index (χ0v) is 19.8. The maximum atomic E-state index is 14.1. The van der Waals surface area contributed by atoms with Gasteiger partial charge in [-0.05, 0) is 60.2 Å². The fourth-order valence-corrected chi connectivity index (χ4v) is 4.12. The Bertz CT molecular complexity index is 979. The second kappa shape index (κ2) is 11.3. The van der Waals surface area contributed by atoms with E-state index in [1.54, 1.807) is 20.1 Å². The summed E-state index contributed by atoms with van der Waals surface area (Å²) in [6.45, 7) is 7.10. The lowest BCUT2D eigenvalue weighted by atomic mass is 9.87. The zero-order chi connectivity index (χ0) is 24.0. The highest BCUT2D eigenvalue weighted by atomic mass is 19.1. The molecule has 2 atom stereocenters. The van der Waals surface area contributed by atoms with Gasteiger partial charge in [0.1, 0.15) is 11.6 Å². The lowest BCUT2D eigenvalue weighted by Crippen LogP contribution is -2.41. The maximum Gasteiger partial charge on any atom is 0.260 e. The quantitative estimate of drug-likeness (QED) is 0.582. The Labute approximate surface area is 195 Å². The predicted molar refractivity (Wildman–Crippen MR) is 125 cm³/mol. The van der Waals surface area contributed by atoms with Crippen molar-refractivity contribution in [1.82, 2.24) is 10.2 Å². The van der Waals surface area contributed by atoms with Crippen LogP contribution in [0.1, 0.15) is 49.9 Å². The average molecular weight is 457 g/mol. The molecule has 1 aliphatic heterocycles. The van der Waals surface area contributed by atoms with Crippen LogP contribution < -0.4 is 10.1 Å². The number of carbonyl (C=O) groups is 2. The van der Waals surface area contributed by atoms with E-state index < -0.39 is 12.1 Å². The van der Waals surface area contributed by atoms with Gasteiger partial charge in [-0.25, -0.2) is 4.39 Å². The molecule has 1 aliphatic rings. The van der Waals surface area contributed by atoms with Gasteiger partial charge in [0.15, 0.2) is 6.10 Å². The topological polar surface area (TPSA) is 67.9 Å². The summed E-state index contributed by atoms with van der Waals surface area (Å²) in [6.07, 6.45) is 0.434. The molecule has 0 fully saturated rings. The van der Waals surface area contributed by atoms with E-state index in [-0.39, 0.29) is 23.5 Å². The molecule has 1 heterocycles. The molecule has 0 bridgehead atoms. The van der Waals surface area contributed by atoms with E-state index in [1.165, 1.54) is 12.1 Å². The van der Waals surface area contributed by atoms with Crippen molar-refractivity contribution in [2.45, 2.75) is 45.8 Å². The lowest BCUT2D eigenvalue weighted by Gasteiger charge is -2.38. The normalized spacial score (nSPS) is 16.3. The summed E-state index contributed by atoms with van der Waals surface area (Å²) >= 11 is 0. The van der Waals surface area contributed by atoms with Gasteiger partial charge in [0.2, 0.25) is 5.91 Å². The Morgan fingerprint density at radius 1 is 1.18 bits per heavy atom. The van der Waals surface area contributed by atoms with Crippen molar-refractivity contribution in [2.24, 2.45) is 5.92 Å². The number of methoxy groups -OCH3 is 1. The molecule has 0 unspecified atom stereocenters. The zero-order valence-electron chi connectivity index (χ0n) is 19.8. The van der Waals surface area contributed by atoms with Crippen molar-refractivity contribution in [1.29, 1.82) is 0 Å². The number of nitrogens with zero attached hydrogens (tertiary/aromatic N) is 1. The first-order valence-electron chi connectivity index (χ1n) is 11.4. The van der Waals surface area contributed by atoms with Gasteiger partial charge in [-0.3, -0.25) is 9.59 Å². The maximum absolute atomic E-state index is 14.1. The van der Waals surface area contributed by atoms with Crippen LogP contribution in [0.3, 0.4) is 0 Å². The Morgan fingerprint density at radius 3 is 2.67 bits per heavy atom. The molecule has 6 nitrogen and oxygen atoms in total. The molecule has 2 aromatic rings. The molecule has 0 saturated heterocycles. The van der Waals surface area contributed by atoms with Crippen molar-refractivity contribution in [3.05, 3.63) is 65.0 Å². The second-order valence-corrected chi connectivity index (χ2v) is 8.80. The predicted octanol–water partition coefficient (Wildman–Crippen LogP) is 3.88. The number of halogens is 1. The number of benzene rings is 2. The molecule has 0 spiro atoms. The highest BCUT2D eigenvalue weighted by molar-refractivity contribution is 5.80. The number of fused-ring (bicyclic) bond motifs is 1. The minimum atomic E-state index is -0.699. The molecule has 0 aliphatic carbocycles. The Balaban J connectivity index is 1.91. The third kappa shape index (κ3) is 6.32. The number of hydrogen-bond donors (Lipinski definition) is 1. The van der Waals surface area contributed by atoms with E-state index >= 15 is 0 Å². The van der Waals surface area contributed by atoms with Crippen molar-refractivity contribution in [3.8, 4) is 5.75 Å². The summed E-state index contributed by atoms with van der Waals surface area (Å²) in [6, 6.07) is 11.7. The van der Waals surface area contributed by atoms with Crippen LogP contribution in [0.5, 0.6) is 5.75 Å². The van der Waals surface area contributed by atoms with Crippen molar-refractivity contribution >= 4 is 11.8 Å². The Kier molecular flexibility index (Phi) is 8.44. The SMILES string of the molecule is COCCNC(=O)[C@H](C)Oc1ccc2c(c1)[C@@H](c1cccc(F)c1)N(C(=O)CC(C)C)CC2. The van der Waals surface area contributed by atoms with Gasteiger partial charge >= 0.3 is 0 Å². The molecule has 33 heavy (non-hydrogen) atoms. The molecule has 0 radical (unpaired) electrons. The van der Waals surface area contributed by atoms with Gasteiger partial charge in [-0.1, -0.05) is 32.0 Å². The van der Waals surface area contributed by atoms with E-state index in [4.69, 9.17) is 9.47 Å². The first-order valence-corrected chi connectivity index (χ1v) is 11.4. The summed E-state index contributed by atoms with van der Waals surface area (Å²) in [5.74, 6) is 0.217. The molecule has 3 rings (SSSR count). The van der Waals surface area contributed by atoms with Crippen LogP contribution in [-0.2, 0) is 20.7 Å². The molecule has 7 heteroatoms. The van der Waals surface area contributed by atoms with E-state index in [9.17, 15) is 14.0 Å². The first kappa shape index (κ1) is 24.7. The number of ether oxygens (including phenoxy) is 2. The summed E-state index contributed by atoms with van der Waals surface area (Å²) in [5.41, 5.74) is 2.70. The molecule has 178 valence electrons. The number of nitrogens with one attached hydrogen (secondary N) is 1. The number of rotatable bonds is 9. The minimum absolute atomic E-state index is 0.0436. The average Bonchev–Trinajstić information content (AvgIpc) is 2.77. The highest BCUT2D eigenvalue weighted by Crippen LogP contribution is 2.38. The fourth-order valence-electron chi connectivity index (χ4n) is 4.12. The van der Waals surface area contributed by atoms with Gasteiger partial charge in [0.05, 0.1) is 12.6 Å². The van der Waals surface area contributed by atoms with E-state index in [1.807, 2.05) is 43.0 Å². The number of hydrogen-bond acceptors (Lipinski definition) is 4. The van der Waals surface area contributed by atoms with Crippen LogP contribution in [-0.4, -0.2) is 49.6 Å². The summed E-state index contributed by atoms with van der Waals surface area (Å²) in [4.78, 5) is 27.2. The van der Waals surface area contributed by atoms with Crippen molar-refractivity contribution < 1.29 is 23.5 Å². The van der Waals surface area contributed by atoms with Crippen LogP contribution in [0.2, 0.25) is 0 Å². The smallest absolute Gasteiger partial charge is 0.260 e. The molecule has 0 aromatic heterocycles. The Morgan fingerprint density at radius 2 is 1.97 bits per heavy atom.